The van der Waals surface area contributed by atoms with Crippen LogP contribution in [-0.2, 0) is 5.41 Å². The van der Waals surface area contributed by atoms with Gasteiger partial charge in [-0.3, -0.25) is 4.79 Å². The number of carbonyl (C=O) groups excluding carboxylic acids is 2. The lowest BCUT2D eigenvalue weighted by atomic mass is 9.70. The van der Waals surface area contributed by atoms with Crippen LogP contribution in [0.1, 0.15) is 110 Å². The molecule has 0 aromatic heterocycles. The monoisotopic (exact) mass is 590 g/mol. The molecule has 0 bridgehead atoms. The van der Waals surface area contributed by atoms with Gasteiger partial charge in [0, 0.05) is 16.4 Å². The van der Waals surface area contributed by atoms with Crippen LogP contribution in [0, 0.1) is 19.3 Å². The first-order valence-corrected chi connectivity index (χ1v) is 15.6. The minimum atomic E-state index is -0.502. The van der Waals surface area contributed by atoms with Crippen LogP contribution in [0.3, 0.4) is 0 Å². The van der Waals surface area contributed by atoms with Gasteiger partial charge in [-0.05, 0) is 99.5 Å². The number of ketones is 1. The summed E-state index contributed by atoms with van der Waals surface area (Å²) in [4.78, 5) is 26.2. The predicted molar refractivity (Wildman–Crippen MR) is 179 cm³/mol. The number of hydrogen-bond acceptors (Lipinski definition) is 4. The lowest BCUT2D eigenvalue weighted by molar-refractivity contribution is 0.0733. The summed E-state index contributed by atoms with van der Waals surface area (Å²) in [6, 6.07) is 29.7. The minimum absolute atomic E-state index is 0.0132. The van der Waals surface area contributed by atoms with Crippen LogP contribution in [-0.4, -0.2) is 17.4 Å². The Morgan fingerprint density at radius 1 is 0.614 bits per heavy atom. The summed E-state index contributed by atoms with van der Waals surface area (Å²) in [6.07, 6.45) is 1.62. The molecule has 44 heavy (non-hydrogen) atoms. The molecule has 230 valence electrons. The molecule has 4 nitrogen and oxygen atoms in total. The van der Waals surface area contributed by atoms with Gasteiger partial charge in [0.2, 0.25) is 0 Å². The summed E-state index contributed by atoms with van der Waals surface area (Å²) < 4.78 is 12.2. The Balaban J connectivity index is 1.68. The van der Waals surface area contributed by atoms with Gasteiger partial charge in [-0.15, -0.1) is 0 Å². The van der Waals surface area contributed by atoms with Crippen LogP contribution < -0.4 is 9.47 Å². The Labute approximate surface area is 263 Å². The molecule has 0 aliphatic carbocycles. The maximum Gasteiger partial charge on any atom is 0.343 e. The smallest absolute Gasteiger partial charge is 0.343 e. The van der Waals surface area contributed by atoms with E-state index in [2.05, 4.69) is 83.1 Å². The predicted octanol–water partition coefficient (Wildman–Crippen LogP) is 10.1. The fraction of sp³-hybridized carbons (Fsp3) is 0.350. The fourth-order valence-corrected chi connectivity index (χ4v) is 5.29. The average molecular weight is 591 g/mol. The van der Waals surface area contributed by atoms with Crippen molar-refractivity contribution >= 4 is 11.8 Å². The van der Waals surface area contributed by atoms with Gasteiger partial charge in [0.05, 0.1) is 5.56 Å². The molecule has 0 aliphatic rings. The van der Waals surface area contributed by atoms with Gasteiger partial charge in [-0.25, -0.2) is 4.79 Å². The van der Waals surface area contributed by atoms with E-state index in [0.29, 0.717) is 23.3 Å². The van der Waals surface area contributed by atoms with E-state index >= 15 is 0 Å². The zero-order chi connectivity index (χ0) is 32.3. The average Bonchev–Trinajstić information content (AvgIpc) is 3.02. The summed E-state index contributed by atoms with van der Waals surface area (Å²) in [7, 11) is 0. The van der Waals surface area contributed by atoms with Crippen LogP contribution in [0.25, 0.3) is 0 Å². The van der Waals surface area contributed by atoms with Gasteiger partial charge in [0.15, 0.2) is 5.78 Å². The third-order valence-electron chi connectivity index (χ3n) is 9.16. The molecular formula is C40H46O4. The van der Waals surface area contributed by atoms with Gasteiger partial charge in [0.1, 0.15) is 17.1 Å². The third-order valence-corrected chi connectivity index (χ3v) is 9.16. The zero-order valence-corrected chi connectivity index (χ0v) is 27.7. The Kier molecular flexibility index (Phi) is 9.53. The number of Topliss-reactive ketones (excluding diaryl/α,β-unsaturated/α-hetero) is 1. The Morgan fingerprint density at radius 3 is 1.73 bits per heavy atom. The molecule has 4 rings (SSSR count). The molecule has 0 saturated carbocycles. The molecule has 0 heterocycles. The van der Waals surface area contributed by atoms with E-state index in [1.807, 2.05) is 45.9 Å². The number of hydrogen-bond donors (Lipinski definition) is 0. The highest BCUT2D eigenvalue weighted by Crippen LogP contribution is 2.42. The van der Waals surface area contributed by atoms with Crippen LogP contribution >= 0.6 is 0 Å². The van der Waals surface area contributed by atoms with E-state index in [9.17, 15) is 9.59 Å². The second kappa shape index (κ2) is 12.8. The van der Waals surface area contributed by atoms with Crippen molar-refractivity contribution in [3.8, 4) is 11.5 Å². The highest BCUT2D eigenvalue weighted by Gasteiger charge is 2.33. The maximum absolute atomic E-state index is 13.2. The standard InChI is InChI=1S/C40H46O4/c1-10-38(5,6)36(41)29-16-15-17-30(26-29)37(42)43-34-22-20-32(24-27(34)3)40(9,31-18-13-12-14-19-31)33-21-23-35(28(4)25-33)44-39(7,8)11-2/h12-26H,10-11H2,1-9H3. The summed E-state index contributed by atoms with van der Waals surface area (Å²) in [5.41, 5.74) is 4.95. The van der Waals surface area contributed by atoms with Crippen LogP contribution in [0.2, 0.25) is 0 Å². The summed E-state index contributed by atoms with van der Waals surface area (Å²) in [5, 5.41) is 0. The third kappa shape index (κ3) is 6.80. The molecule has 4 aromatic rings. The van der Waals surface area contributed by atoms with Crippen LogP contribution in [0.15, 0.2) is 91.0 Å². The van der Waals surface area contributed by atoms with Gasteiger partial charge >= 0.3 is 5.97 Å². The number of rotatable bonds is 11. The Bertz CT molecular complexity index is 1650. The normalized spacial score (nSPS) is 13.2. The van der Waals surface area contributed by atoms with Crippen molar-refractivity contribution in [3.05, 3.63) is 130 Å². The molecular weight excluding hydrogens is 544 g/mol. The lowest BCUT2D eigenvalue weighted by Gasteiger charge is -2.33. The van der Waals surface area contributed by atoms with E-state index in [4.69, 9.17) is 9.47 Å². The number of esters is 1. The van der Waals surface area contributed by atoms with Crippen molar-refractivity contribution in [1.82, 2.24) is 0 Å². The molecule has 4 heteroatoms. The minimum Gasteiger partial charge on any atom is -0.488 e. The van der Waals surface area contributed by atoms with Gasteiger partial charge in [-0.2, -0.15) is 0 Å². The summed E-state index contributed by atoms with van der Waals surface area (Å²) >= 11 is 0. The molecule has 1 unspecified atom stereocenters. The molecule has 0 radical (unpaired) electrons. The summed E-state index contributed by atoms with van der Waals surface area (Å²) in [6.45, 7) is 18.5. The highest BCUT2D eigenvalue weighted by molar-refractivity contribution is 6.02. The van der Waals surface area contributed by atoms with Crippen molar-refractivity contribution in [1.29, 1.82) is 0 Å². The van der Waals surface area contributed by atoms with Crippen molar-refractivity contribution in [2.24, 2.45) is 5.41 Å². The molecule has 0 N–H and O–H groups in total. The van der Waals surface area contributed by atoms with E-state index in [1.54, 1.807) is 24.3 Å². The SMILES string of the molecule is CCC(C)(C)Oc1ccc(C(C)(c2ccccc2)c2ccc(OC(=O)c3cccc(C(=O)C(C)(C)CC)c3)c(C)c2)cc1C. The first-order chi connectivity index (χ1) is 20.7. The Morgan fingerprint density at radius 2 is 1.18 bits per heavy atom. The van der Waals surface area contributed by atoms with Gasteiger partial charge < -0.3 is 9.47 Å². The molecule has 4 aromatic carbocycles. The quantitative estimate of drug-likeness (QED) is 0.0755. The van der Waals surface area contributed by atoms with Crippen molar-refractivity contribution in [3.63, 3.8) is 0 Å². The molecule has 1 atom stereocenters. The largest absolute Gasteiger partial charge is 0.488 e. The number of carbonyl (C=O) groups is 2. The zero-order valence-electron chi connectivity index (χ0n) is 27.7. The molecule has 0 saturated heterocycles. The van der Waals surface area contributed by atoms with E-state index in [-0.39, 0.29) is 11.4 Å². The number of ether oxygens (including phenoxy) is 2. The van der Waals surface area contributed by atoms with Gasteiger partial charge in [0.25, 0.3) is 0 Å². The molecule has 0 aliphatic heterocycles. The fourth-order valence-electron chi connectivity index (χ4n) is 5.29. The second-order valence-electron chi connectivity index (χ2n) is 13.2. The molecule has 0 fully saturated rings. The Hall–Kier alpha value is -4.18. The van der Waals surface area contributed by atoms with Crippen molar-refractivity contribution in [2.45, 2.75) is 86.2 Å². The van der Waals surface area contributed by atoms with Crippen molar-refractivity contribution < 1.29 is 19.1 Å². The highest BCUT2D eigenvalue weighted by atomic mass is 16.5. The summed E-state index contributed by atoms with van der Waals surface area (Å²) in [5.74, 6) is 0.899. The second-order valence-corrected chi connectivity index (χ2v) is 13.2. The number of benzene rings is 4. The maximum atomic E-state index is 13.2. The van der Waals surface area contributed by atoms with E-state index < -0.39 is 16.8 Å². The van der Waals surface area contributed by atoms with Crippen LogP contribution in [0.4, 0.5) is 0 Å². The topological polar surface area (TPSA) is 52.6 Å². The first-order valence-electron chi connectivity index (χ1n) is 15.6. The van der Waals surface area contributed by atoms with E-state index in [0.717, 1.165) is 40.0 Å². The molecule has 0 spiro atoms. The lowest BCUT2D eigenvalue weighted by Crippen LogP contribution is -2.28. The van der Waals surface area contributed by atoms with E-state index in [1.165, 1.54) is 0 Å². The first kappa shape index (κ1) is 32.7. The molecule has 0 amide bonds. The van der Waals surface area contributed by atoms with Crippen LogP contribution in [0.5, 0.6) is 11.5 Å². The number of aryl methyl sites for hydroxylation is 2. The van der Waals surface area contributed by atoms with Gasteiger partial charge in [-0.1, -0.05) is 94.4 Å². The van der Waals surface area contributed by atoms with Crippen molar-refractivity contribution in [2.75, 3.05) is 0 Å².